The summed E-state index contributed by atoms with van der Waals surface area (Å²) in [7, 11) is 4.08. The summed E-state index contributed by atoms with van der Waals surface area (Å²) in [4.78, 5) is 15.1. The van der Waals surface area contributed by atoms with Crippen LogP contribution in [0.15, 0.2) is 30.5 Å². The molecule has 0 aliphatic heterocycles. The Balaban J connectivity index is 1.66. The van der Waals surface area contributed by atoms with E-state index in [1.165, 1.54) is 0 Å². The predicted octanol–water partition coefficient (Wildman–Crippen LogP) is 2.88. The van der Waals surface area contributed by atoms with Crippen molar-refractivity contribution in [3.63, 3.8) is 0 Å². The number of benzene rings is 1. The van der Waals surface area contributed by atoms with Gasteiger partial charge in [-0.05, 0) is 32.6 Å². The van der Waals surface area contributed by atoms with Crippen molar-refractivity contribution in [1.82, 2.24) is 19.9 Å². The molecule has 0 spiro atoms. The van der Waals surface area contributed by atoms with Crippen molar-refractivity contribution < 1.29 is 4.74 Å². The molecule has 0 saturated carbocycles. The molecular formula is C16H17N4OS. The molecule has 0 amide bonds. The van der Waals surface area contributed by atoms with Crippen LogP contribution < -0.4 is 4.74 Å². The van der Waals surface area contributed by atoms with Crippen molar-refractivity contribution in [2.45, 2.75) is 6.42 Å². The summed E-state index contributed by atoms with van der Waals surface area (Å²) in [5.74, 6) is 0. The minimum atomic E-state index is 0.364. The topological polar surface area (TPSA) is 51.1 Å². The fourth-order valence-corrected chi connectivity index (χ4v) is 2.92. The molecule has 0 unspecified atom stereocenters. The van der Waals surface area contributed by atoms with Crippen LogP contribution in [0.25, 0.3) is 20.8 Å². The maximum atomic E-state index is 5.51. The molecule has 2 heterocycles. The van der Waals surface area contributed by atoms with Crippen LogP contribution in [0.1, 0.15) is 6.42 Å². The minimum Gasteiger partial charge on any atom is -0.463 e. The van der Waals surface area contributed by atoms with E-state index in [0.29, 0.717) is 12.6 Å². The number of hydrogen-bond donors (Lipinski definition) is 0. The first-order valence-corrected chi connectivity index (χ1v) is 7.92. The lowest BCUT2D eigenvalue weighted by molar-refractivity contribution is 0.263. The summed E-state index contributed by atoms with van der Waals surface area (Å²) in [6.07, 6.45) is 5.62. The van der Waals surface area contributed by atoms with E-state index >= 15 is 0 Å². The van der Waals surface area contributed by atoms with Crippen LogP contribution in [-0.2, 0) is 0 Å². The van der Waals surface area contributed by atoms with Gasteiger partial charge in [-0.1, -0.05) is 12.1 Å². The zero-order valence-electron chi connectivity index (χ0n) is 12.6. The van der Waals surface area contributed by atoms with E-state index in [1.807, 2.05) is 32.3 Å². The first-order valence-electron chi connectivity index (χ1n) is 7.10. The molecule has 2 aromatic heterocycles. The van der Waals surface area contributed by atoms with Crippen LogP contribution >= 0.6 is 11.3 Å². The highest BCUT2D eigenvalue weighted by Gasteiger charge is 2.08. The lowest BCUT2D eigenvalue weighted by atomic mass is 10.3. The van der Waals surface area contributed by atoms with E-state index < -0.39 is 0 Å². The Hall–Kier alpha value is -2.05. The van der Waals surface area contributed by atoms with Gasteiger partial charge in [0, 0.05) is 12.7 Å². The second-order valence-electron chi connectivity index (χ2n) is 5.17. The number of rotatable bonds is 6. The third-order valence-corrected chi connectivity index (χ3v) is 4.15. The Labute approximate surface area is 133 Å². The van der Waals surface area contributed by atoms with Gasteiger partial charge >= 0.3 is 6.01 Å². The number of ether oxygens (including phenoxy) is 1. The number of thiazole rings is 1. The van der Waals surface area contributed by atoms with E-state index in [0.717, 1.165) is 33.8 Å². The van der Waals surface area contributed by atoms with Gasteiger partial charge in [0.1, 0.15) is 11.2 Å². The fraction of sp³-hybridized carbons (Fsp3) is 0.312. The van der Waals surface area contributed by atoms with Crippen molar-refractivity contribution in [3.8, 4) is 16.6 Å². The highest BCUT2D eigenvalue weighted by atomic mass is 32.1. The first-order chi connectivity index (χ1) is 10.7. The quantitative estimate of drug-likeness (QED) is 0.655. The second-order valence-corrected chi connectivity index (χ2v) is 6.20. The Morgan fingerprint density at radius 2 is 2.14 bits per heavy atom. The van der Waals surface area contributed by atoms with Gasteiger partial charge in [-0.15, -0.1) is 11.3 Å². The Morgan fingerprint density at radius 3 is 2.86 bits per heavy atom. The largest absolute Gasteiger partial charge is 0.463 e. The number of hydrogen-bond acceptors (Lipinski definition) is 6. The maximum absolute atomic E-state index is 5.51. The molecular weight excluding hydrogens is 296 g/mol. The first kappa shape index (κ1) is 14.9. The average Bonchev–Trinajstić information content (AvgIpc) is 2.96. The van der Waals surface area contributed by atoms with Gasteiger partial charge in [0.25, 0.3) is 0 Å². The predicted molar refractivity (Wildman–Crippen MR) is 88.1 cm³/mol. The highest BCUT2D eigenvalue weighted by Crippen LogP contribution is 2.29. The summed E-state index contributed by atoms with van der Waals surface area (Å²) in [5.41, 5.74) is 1.78. The molecule has 1 aromatic carbocycles. The lowest BCUT2D eigenvalue weighted by Gasteiger charge is -2.09. The zero-order chi connectivity index (χ0) is 15.4. The second kappa shape index (κ2) is 6.81. The van der Waals surface area contributed by atoms with Crippen LogP contribution in [0, 0.1) is 6.20 Å². The van der Waals surface area contributed by atoms with Crippen molar-refractivity contribution in [3.05, 3.63) is 36.7 Å². The molecule has 113 valence electrons. The molecule has 0 aliphatic rings. The minimum absolute atomic E-state index is 0.364. The summed E-state index contributed by atoms with van der Waals surface area (Å²) < 4.78 is 6.66. The zero-order valence-corrected chi connectivity index (χ0v) is 13.4. The molecule has 3 rings (SSSR count). The van der Waals surface area contributed by atoms with E-state index in [4.69, 9.17) is 4.74 Å². The van der Waals surface area contributed by atoms with E-state index in [9.17, 15) is 0 Å². The van der Waals surface area contributed by atoms with Crippen molar-refractivity contribution in [2.75, 3.05) is 27.2 Å². The molecule has 3 aromatic rings. The number of fused-ring (bicyclic) bond motifs is 1. The molecule has 5 nitrogen and oxygen atoms in total. The lowest BCUT2D eigenvalue weighted by Crippen LogP contribution is -2.15. The summed E-state index contributed by atoms with van der Waals surface area (Å²) >= 11 is 1.61. The normalized spacial score (nSPS) is 11.2. The molecule has 0 N–H and O–H groups in total. The number of para-hydroxylation sites is 1. The molecule has 6 heteroatoms. The van der Waals surface area contributed by atoms with Crippen LogP contribution in [0.2, 0.25) is 0 Å². The molecule has 0 atom stereocenters. The third-order valence-electron chi connectivity index (χ3n) is 3.08. The monoisotopic (exact) mass is 313 g/mol. The summed E-state index contributed by atoms with van der Waals surface area (Å²) in [6, 6.07) is 8.41. The molecule has 0 aliphatic carbocycles. The van der Waals surface area contributed by atoms with Gasteiger partial charge < -0.3 is 9.64 Å². The SMILES string of the molecule is CN(C)CCCOc1n[c]c(-c2nc3ccccc3s2)cn1. The van der Waals surface area contributed by atoms with Gasteiger partial charge in [-0.3, -0.25) is 0 Å². The Kier molecular flexibility index (Phi) is 4.60. The maximum Gasteiger partial charge on any atom is 0.316 e. The van der Waals surface area contributed by atoms with Crippen LogP contribution in [0.3, 0.4) is 0 Å². The molecule has 22 heavy (non-hydrogen) atoms. The van der Waals surface area contributed by atoms with Crippen LogP contribution in [-0.4, -0.2) is 47.1 Å². The van der Waals surface area contributed by atoms with Crippen molar-refractivity contribution in [2.24, 2.45) is 0 Å². The Bertz CT molecular complexity index is 706. The van der Waals surface area contributed by atoms with Gasteiger partial charge in [0.05, 0.1) is 22.4 Å². The fourth-order valence-electron chi connectivity index (χ4n) is 1.99. The molecule has 0 saturated heterocycles. The van der Waals surface area contributed by atoms with Crippen molar-refractivity contribution >= 4 is 21.6 Å². The van der Waals surface area contributed by atoms with Gasteiger partial charge in [-0.2, -0.15) is 4.98 Å². The van der Waals surface area contributed by atoms with Gasteiger partial charge in [-0.25, -0.2) is 9.97 Å². The standard InChI is InChI=1S/C16H17N4OS/c1-20(2)8-5-9-21-16-17-10-12(11-18-16)15-19-13-6-3-4-7-14(13)22-15/h3-4,6-7,10H,5,8-9H2,1-2H3. The van der Waals surface area contributed by atoms with E-state index in [-0.39, 0.29) is 0 Å². The smallest absolute Gasteiger partial charge is 0.316 e. The van der Waals surface area contributed by atoms with E-state index in [1.54, 1.807) is 17.5 Å². The third kappa shape index (κ3) is 3.58. The Morgan fingerprint density at radius 1 is 1.27 bits per heavy atom. The van der Waals surface area contributed by atoms with Crippen molar-refractivity contribution in [1.29, 1.82) is 0 Å². The molecule has 1 radical (unpaired) electrons. The number of nitrogens with zero attached hydrogens (tertiary/aromatic N) is 4. The van der Waals surface area contributed by atoms with Crippen LogP contribution in [0.4, 0.5) is 0 Å². The van der Waals surface area contributed by atoms with E-state index in [2.05, 4.69) is 32.1 Å². The van der Waals surface area contributed by atoms with Gasteiger partial charge in [0.15, 0.2) is 0 Å². The highest BCUT2D eigenvalue weighted by molar-refractivity contribution is 7.21. The molecule has 0 bridgehead atoms. The van der Waals surface area contributed by atoms with Crippen LogP contribution in [0.5, 0.6) is 6.01 Å². The average molecular weight is 313 g/mol. The number of aromatic nitrogens is 3. The van der Waals surface area contributed by atoms with Gasteiger partial charge in [0.2, 0.25) is 0 Å². The summed E-state index contributed by atoms with van der Waals surface area (Å²) in [6.45, 7) is 1.58. The molecule has 0 fully saturated rings. The summed E-state index contributed by atoms with van der Waals surface area (Å²) in [5, 5.41) is 0.875.